The molecule has 112 valence electrons. The van der Waals surface area contributed by atoms with Crippen LogP contribution in [0, 0.1) is 0 Å². The minimum Gasteiger partial charge on any atom is -0.496 e. The predicted octanol–water partition coefficient (Wildman–Crippen LogP) is 2.96. The molecule has 0 aliphatic rings. The van der Waals surface area contributed by atoms with E-state index in [1.165, 1.54) is 0 Å². The number of benzene rings is 1. The summed E-state index contributed by atoms with van der Waals surface area (Å²) in [5.41, 5.74) is 9.08. The summed E-state index contributed by atoms with van der Waals surface area (Å²) in [6.07, 6.45) is 5.46. The molecule has 1 heterocycles. The lowest BCUT2D eigenvalue weighted by molar-refractivity contribution is 0.405. The third-order valence-corrected chi connectivity index (χ3v) is 3.52. The number of rotatable bonds is 7. The molecule has 21 heavy (non-hydrogen) atoms. The van der Waals surface area contributed by atoms with Crippen molar-refractivity contribution in [2.45, 2.75) is 25.8 Å². The van der Waals surface area contributed by atoms with Crippen LogP contribution in [0.5, 0.6) is 5.75 Å². The Bertz CT molecular complexity index is 571. The van der Waals surface area contributed by atoms with Crippen LogP contribution in [0.4, 0.5) is 5.69 Å². The van der Waals surface area contributed by atoms with Crippen molar-refractivity contribution in [1.82, 2.24) is 10.3 Å². The molecule has 3 N–H and O–H groups in total. The number of aromatic nitrogens is 1. The molecule has 0 saturated carbocycles. The van der Waals surface area contributed by atoms with Crippen LogP contribution in [0.25, 0.3) is 0 Å². The van der Waals surface area contributed by atoms with Crippen molar-refractivity contribution in [1.29, 1.82) is 0 Å². The van der Waals surface area contributed by atoms with Crippen LogP contribution in [0.2, 0.25) is 0 Å². The van der Waals surface area contributed by atoms with Crippen LogP contribution in [-0.2, 0) is 6.42 Å². The second-order valence-electron chi connectivity index (χ2n) is 5.03. The highest BCUT2D eigenvalue weighted by molar-refractivity contribution is 5.47. The molecule has 0 spiro atoms. The fourth-order valence-electron chi connectivity index (χ4n) is 2.41. The maximum atomic E-state index is 6.11. The zero-order chi connectivity index (χ0) is 15.1. The SMILES string of the molecule is CCCNC(Cc1ccccc1OC)c1cnccc1N. The van der Waals surface area contributed by atoms with Gasteiger partial charge in [0.25, 0.3) is 0 Å². The third kappa shape index (κ3) is 3.95. The summed E-state index contributed by atoms with van der Waals surface area (Å²) in [7, 11) is 1.70. The molecule has 1 aromatic carbocycles. The van der Waals surface area contributed by atoms with E-state index < -0.39 is 0 Å². The molecule has 0 radical (unpaired) electrons. The van der Waals surface area contributed by atoms with Gasteiger partial charge in [-0.15, -0.1) is 0 Å². The predicted molar refractivity (Wildman–Crippen MR) is 86.4 cm³/mol. The lowest BCUT2D eigenvalue weighted by Crippen LogP contribution is -2.25. The quantitative estimate of drug-likeness (QED) is 0.821. The molecule has 2 aromatic rings. The summed E-state index contributed by atoms with van der Waals surface area (Å²) in [6, 6.07) is 10.1. The zero-order valence-electron chi connectivity index (χ0n) is 12.7. The zero-order valence-corrected chi connectivity index (χ0v) is 12.7. The van der Waals surface area contributed by atoms with E-state index in [0.717, 1.165) is 42.0 Å². The smallest absolute Gasteiger partial charge is 0.122 e. The van der Waals surface area contributed by atoms with Crippen molar-refractivity contribution in [3.8, 4) is 5.75 Å². The minimum atomic E-state index is 0.134. The number of nitrogen functional groups attached to an aromatic ring is 1. The molecule has 2 rings (SSSR count). The van der Waals surface area contributed by atoms with Crippen LogP contribution in [0.1, 0.15) is 30.5 Å². The summed E-state index contributed by atoms with van der Waals surface area (Å²) in [4.78, 5) is 4.21. The molecule has 0 bridgehead atoms. The molecule has 1 atom stereocenters. The average Bonchev–Trinajstić information content (AvgIpc) is 2.52. The highest BCUT2D eigenvalue weighted by atomic mass is 16.5. The van der Waals surface area contributed by atoms with Gasteiger partial charge in [-0.2, -0.15) is 0 Å². The molecule has 4 nitrogen and oxygen atoms in total. The van der Waals surface area contributed by atoms with E-state index in [-0.39, 0.29) is 6.04 Å². The highest BCUT2D eigenvalue weighted by Gasteiger charge is 2.16. The van der Waals surface area contributed by atoms with Gasteiger partial charge in [0.05, 0.1) is 7.11 Å². The van der Waals surface area contributed by atoms with E-state index in [9.17, 15) is 0 Å². The lowest BCUT2D eigenvalue weighted by atomic mass is 9.98. The van der Waals surface area contributed by atoms with Crippen LogP contribution in [0.15, 0.2) is 42.7 Å². The monoisotopic (exact) mass is 285 g/mol. The molecule has 0 aliphatic carbocycles. The largest absolute Gasteiger partial charge is 0.496 e. The summed E-state index contributed by atoms with van der Waals surface area (Å²) in [5.74, 6) is 0.906. The van der Waals surface area contributed by atoms with Crippen LogP contribution < -0.4 is 15.8 Å². The Balaban J connectivity index is 2.26. The molecule has 1 aromatic heterocycles. The van der Waals surface area contributed by atoms with Gasteiger partial charge < -0.3 is 15.8 Å². The molecule has 0 saturated heterocycles. The molecule has 0 amide bonds. The Morgan fingerprint density at radius 1 is 1.29 bits per heavy atom. The van der Waals surface area contributed by atoms with Gasteiger partial charge in [0.15, 0.2) is 0 Å². The number of para-hydroxylation sites is 1. The molecule has 4 heteroatoms. The Kier molecular flexibility index (Phi) is 5.58. The van der Waals surface area contributed by atoms with Crippen molar-refractivity contribution in [2.24, 2.45) is 0 Å². The van der Waals surface area contributed by atoms with E-state index in [1.807, 2.05) is 30.5 Å². The first kappa shape index (κ1) is 15.3. The van der Waals surface area contributed by atoms with Gasteiger partial charge in [0, 0.05) is 29.7 Å². The minimum absolute atomic E-state index is 0.134. The number of hydrogen-bond acceptors (Lipinski definition) is 4. The second-order valence-corrected chi connectivity index (χ2v) is 5.03. The molecule has 0 fully saturated rings. The van der Waals surface area contributed by atoms with Gasteiger partial charge >= 0.3 is 0 Å². The van der Waals surface area contributed by atoms with Crippen molar-refractivity contribution >= 4 is 5.69 Å². The van der Waals surface area contributed by atoms with Gasteiger partial charge in [-0.1, -0.05) is 25.1 Å². The number of anilines is 1. The van der Waals surface area contributed by atoms with Crippen LogP contribution >= 0.6 is 0 Å². The van der Waals surface area contributed by atoms with Crippen molar-refractivity contribution in [3.63, 3.8) is 0 Å². The maximum Gasteiger partial charge on any atom is 0.122 e. The van der Waals surface area contributed by atoms with E-state index in [4.69, 9.17) is 10.5 Å². The first-order valence-corrected chi connectivity index (χ1v) is 7.31. The fraction of sp³-hybridized carbons (Fsp3) is 0.353. The normalized spacial score (nSPS) is 12.1. The van der Waals surface area contributed by atoms with E-state index in [1.54, 1.807) is 13.3 Å². The number of ether oxygens (including phenoxy) is 1. The van der Waals surface area contributed by atoms with E-state index >= 15 is 0 Å². The van der Waals surface area contributed by atoms with E-state index in [2.05, 4.69) is 23.3 Å². The van der Waals surface area contributed by atoms with Gasteiger partial charge in [0.1, 0.15) is 5.75 Å². The first-order valence-electron chi connectivity index (χ1n) is 7.31. The third-order valence-electron chi connectivity index (χ3n) is 3.52. The Labute approximate surface area is 126 Å². The summed E-state index contributed by atoms with van der Waals surface area (Å²) in [5, 5.41) is 3.55. The molecule has 0 aliphatic heterocycles. The number of hydrogen-bond donors (Lipinski definition) is 2. The van der Waals surface area contributed by atoms with Gasteiger partial charge in [-0.25, -0.2) is 0 Å². The number of nitrogens with one attached hydrogen (secondary N) is 1. The summed E-state index contributed by atoms with van der Waals surface area (Å²) < 4.78 is 5.44. The maximum absolute atomic E-state index is 6.11. The Morgan fingerprint density at radius 3 is 2.81 bits per heavy atom. The molecular weight excluding hydrogens is 262 g/mol. The van der Waals surface area contributed by atoms with Crippen molar-refractivity contribution in [3.05, 3.63) is 53.9 Å². The van der Waals surface area contributed by atoms with Crippen molar-refractivity contribution in [2.75, 3.05) is 19.4 Å². The summed E-state index contributed by atoms with van der Waals surface area (Å²) in [6.45, 7) is 3.09. The standard InChI is InChI=1S/C17H23N3O/c1-3-9-20-16(14-12-19-10-8-15(14)18)11-13-6-4-5-7-17(13)21-2/h4-8,10,12,16,20H,3,9,11H2,1-2H3,(H2,18,19). The molecular formula is C17H23N3O. The molecule has 1 unspecified atom stereocenters. The average molecular weight is 285 g/mol. The number of pyridine rings is 1. The Morgan fingerprint density at radius 2 is 2.10 bits per heavy atom. The van der Waals surface area contributed by atoms with Gasteiger partial charge in [-0.3, -0.25) is 4.98 Å². The first-order chi connectivity index (χ1) is 10.3. The van der Waals surface area contributed by atoms with Crippen molar-refractivity contribution < 1.29 is 4.74 Å². The van der Waals surface area contributed by atoms with Gasteiger partial charge in [0.2, 0.25) is 0 Å². The lowest BCUT2D eigenvalue weighted by Gasteiger charge is -2.21. The second kappa shape index (κ2) is 7.64. The highest BCUT2D eigenvalue weighted by Crippen LogP contribution is 2.27. The van der Waals surface area contributed by atoms with Crippen LogP contribution in [0.3, 0.4) is 0 Å². The Hall–Kier alpha value is -2.07. The fourth-order valence-corrected chi connectivity index (χ4v) is 2.41. The number of methoxy groups -OCH3 is 1. The number of nitrogens with zero attached hydrogens (tertiary/aromatic N) is 1. The topological polar surface area (TPSA) is 60.2 Å². The number of nitrogens with two attached hydrogens (primary N) is 1. The van der Waals surface area contributed by atoms with Crippen LogP contribution in [-0.4, -0.2) is 18.6 Å². The summed E-state index contributed by atoms with van der Waals surface area (Å²) >= 11 is 0. The van der Waals surface area contributed by atoms with E-state index in [0.29, 0.717) is 0 Å². The van der Waals surface area contributed by atoms with Gasteiger partial charge in [-0.05, 0) is 37.1 Å².